The number of rotatable bonds is 5. The normalized spacial score (nSPS) is 16.4. The van der Waals surface area contributed by atoms with Gasteiger partial charge in [0, 0.05) is 18.9 Å². The fraction of sp³-hybridized carbons (Fsp3) is 0.316. The smallest absolute Gasteiger partial charge is 0.241 e. The maximum atomic E-state index is 12.3. The Kier molecular flexibility index (Phi) is 5.46. The minimum Gasteiger partial charge on any atom is -0.457 e. The van der Waals surface area contributed by atoms with E-state index in [1.54, 1.807) is 0 Å². The fourth-order valence-electron chi connectivity index (χ4n) is 2.75. The highest BCUT2D eigenvalue weighted by Crippen LogP contribution is 2.23. The minimum absolute atomic E-state index is 0.154. The molecule has 1 aliphatic rings. The molecule has 3 N–H and O–H groups in total. The maximum absolute atomic E-state index is 12.3. The van der Waals surface area contributed by atoms with Crippen molar-refractivity contribution in [2.75, 3.05) is 18.5 Å². The lowest BCUT2D eigenvalue weighted by molar-refractivity contribution is -0.119. The van der Waals surface area contributed by atoms with Gasteiger partial charge >= 0.3 is 0 Å². The average Bonchev–Trinajstić information content (AvgIpc) is 2.64. The van der Waals surface area contributed by atoms with Gasteiger partial charge in [0.2, 0.25) is 5.91 Å². The molecule has 0 aromatic heterocycles. The first-order valence-electron chi connectivity index (χ1n) is 8.19. The number of para-hydroxylation sites is 1. The van der Waals surface area contributed by atoms with E-state index in [-0.39, 0.29) is 11.8 Å². The quantitative estimate of drug-likeness (QED) is 0.885. The lowest BCUT2D eigenvalue weighted by Gasteiger charge is -2.26. The molecular formula is C19H22N2O3. The molecule has 0 bridgehead atoms. The summed E-state index contributed by atoms with van der Waals surface area (Å²) in [5.41, 5.74) is 6.79. The van der Waals surface area contributed by atoms with Gasteiger partial charge in [-0.1, -0.05) is 18.2 Å². The van der Waals surface area contributed by atoms with Crippen LogP contribution in [0.4, 0.5) is 5.69 Å². The summed E-state index contributed by atoms with van der Waals surface area (Å²) >= 11 is 0. The van der Waals surface area contributed by atoms with Gasteiger partial charge in [-0.15, -0.1) is 0 Å². The summed E-state index contributed by atoms with van der Waals surface area (Å²) in [5, 5.41) is 2.87. The van der Waals surface area contributed by atoms with Crippen LogP contribution in [-0.4, -0.2) is 25.2 Å². The average molecular weight is 326 g/mol. The summed E-state index contributed by atoms with van der Waals surface area (Å²) in [7, 11) is 0. The van der Waals surface area contributed by atoms with E-state index in [9.17, 15) is 4.79 Å². The van der Waals surface area contributed by atoms with E-state index >= 15 is 0 Å². The molecule has 0 radical (unpaired) electrons. The largest absolute Gasteiger partial charge is 0.457 e. The van der Waals surface area contributed by atoms with Crippen LogP contribution in [0, 0.1) is 5.92 Å². The molecule has 2 aromatic carbocycles. The predicted molar refractivity (Wildman–Crippen MR) is 93.1 cm³/mol. The summed E-state index contributed by atoms with van der Waals surface area (Å²) < 4.78 is 11.0. The van der Waals surface area contributed by atoms with Gasteiger partial charge in [0.25, 0.3) is 0 Å². The Bertz CT molecular complexity index is 652. The Balaban J connectivity index is 1.56. The van der Waals surface area contributed by atoms with Gasteiger partial charge in [-0.2, -0.15) is 0 Å². The van der Waals surface area contributed by atoms with E-state index in [0.717, 1.165) is 18.6 Å². The molecule has 1 amide bonds. The van der Waals surface area contributed by atoms with E-state index in [4.69, 9.17) is 15.2 Å². The third-order valence-corrected chi connectivity index (χ3v) is 4.18. The molecular weight excluding hydrogens is 304 g/mol. The van der Waals surface area contributed by atoms with Crippen molar-refractivity contribution in [3.8, 4) is 11.5 Å². The molecule has 1 fully saturated rings. The number of carbonyl (C=O) groups excluding carboxylic acids is 1. The first-order valence-corrected chi connectivity index (χ1v) is 8.19. The third kappa shape index (κ3) is 4.34. The second kappa shape index (κ2) is 7.95. The lowest BCUT2D eigenvalue weighted by Crippen LogP contribution is -2.43. The van der Waals surface area contributed by atoms with Crippen molar-refractivity contribution in [2.24, 2.45) is 11.7 Å². The minimum atomic E-state index is -0.505. The van der Waals surface area contributed by atoms with Crippen molar-refractivity contribution in [3.63, 3.8) is 0 Å². The summed E-state index contributed by atoms with van der Waals surface area (Å²) in [5.74, 6) is 1.52. The monoisotopic (exact) mass is 326 g/mol. The van der Waals surface area contributed by atoms with Gasteiger partial charge < -0.3 is 20.5 Å². The predicted octanol–water partition coefficient (Wildman–Crippen LogP) is 3.17. The van der Waals surface area contributed by atoms with E-state index in [2.05, 4.69) is 5.32 Å². The number of amides is 1. The Morgan fingerprint density at radius 1 is 1.04 bits per heavy atom. The third-order valence-electron chi connectivity index (χ3n) is 4.18. The number of hydrogen-bond acceptors (Lipinski definition) is 4. The Morgan fingerprint density at radius 2 is 1.67 bits per heavy atom. The van der Waals surface area contributed by atoms with Gasteiger partial charge in [-0.25, -0.2) is 0 Å². The molecule has 2 aromatic rings. The molecule has 0 spiro atoms. The van der Waals surface area contributed by atoms with Crippen LogP contribution in [0.3, 0.4) is 0 Å². The Labute approximate surface area is 141 Å². The van der Waals surface area contributed by atoms with Gasteiger partial charge in [0.1, 0.15) is 11.5 Å². The second-order valence-electron chi connectivity index (χ2n) is 5.90. The molecule has 0 aliphatic carbocycles. The van der Waals surface area contributed by atoms with E-state index in [1.165, 1.54) is 0 Å². The van der Waals surface area contributed by atoms with Crippen LogP contribution in [0.25, 0.3) is 0 Å². The number of carbonyl (C=O) groups is 1. The Hall–Kier alpha value is -2.37. The number of nitrogens with two attached hydrogens (primary N) is 1. The Morgan fingerprint density at radius 3 is 2.33 bits per heavy atom. The highest BCUT2D eigenvalue weighted by atomic mass is 16.5. The molecule has 3 rings (SSSR count). The summed E-state index contributed by atoms with van der Waals surface area (Å²) in [4.78, 5) is 12.3. The number of nitrogens with one attached hydrogen (secondary N) is 1. The van der Waals surface area contributed by atoms with Crippen LogP contribution in [0.15, 0.2) is 54.6 Å². The zero-order valence-electron chi connectivity index (χ0n) is 13.5. The molecule has 24 heavy (non-hydrogen) atoms. The molecule has 1 unspecified atom stereocenters. The van der Waals surface area contributed by atoms with Crippen LogP contribution < -0.4 is 15.8 Å². The van der Waals surface area contributed by atoms with Gasteiger partial charge in [0.05, 0.1) is 6.04 Å². The molecule has 5 nitrogen and oxygen atoms in total. The zero-order valence-corrected chi connectivity index (χ0v) is 13.5. The highest BCUT2D eigenvalue weighted by molar-refractivity contribution is 5.94. The molecule has 1 aliphatic heterocycles. The molecule has 1 heterocycles. The zero-order chi connectivity index (χ0) is 16.8. The van der Waals surface area contributed by atoms with Crippen molar-refractivity contribution < 1.29 is 14.3 Å². The number of ether oxygens (including phenoxy) is 2. The molecule has 5 heteroatoms. The number of benzene rings is 2. The molecule has 126 valence electrons. The second-order valence-corrected chi connectivity index (χ2v) is 5.90. The van der Waals surface area contributed by atoms with Crippen molar-refractivity contribution >= 4 is 11.6 Å². The lowest BCUT2D eigenvalue weighted by atomic mass is 9.92. The van der Waals surface area contributed by atoms with E-state index in [0.29, 0.717) is 24.7 Å². The van der Waals surface area contributed by atoms with Crippen molar-refractivity contribution in [1.82, 2.24) is 0 Å². The van der Waals surface area contributed by atoms with Crippen LogP contribution in [0.1, 0.15) is 12.8 Å². The van der Waals surface area contributed by atoms with E-state index < -0.39 is 6.04 Å². The summed E-state index contributed by atoms with van der Waals surface area (Å²) in [6.07, 6.45) is 1.66. The summed E-state index contributed by atoms with van der Waals surface area (Å²) in [6.45, 7) is 1.36. The molecule has 1 atom stereocenters. The van der Waals surface area contributed by atoms with Crippen LogP contribution in [0.2, 0.25) is 0 Å². The van der Waals surface area contributed by atoms with Crippen molar-refractivity contribution in [2.45, 2.75) is 18.9 Å². The van der Waals surface area contributed by atoms with Gasteiger partial charge in [-0.3, -0.25) is 4.79 Å². The van der Waals surface area contributed by atoms with E-state index in [1.807, 2.05) is 54.6 Å². The standard InChI is InChI=1S/C19H22N2O3/c20-18(14-10-12-23-13-11-14)19(22)21-15-6-8-17(9-7-15)24-16-4-2-1-3-5-16/h1-9,14,18H,10-13,20H2,(H,21,22). The number of hydrogen-bond donors (Lipinski definition) is 2. The molecule has 0 saturated carbocycles. The van der Waals surface area contributed by atoms with Gasteiger partial charge in [-0.05, 0) is 55.2 Å². The summed E-state index contributed by atoms with van der Waals surface area (Å²) in [6, 6.07) is 16.3. The highest BCUT2D eigenvalue weighted by Gasteiger charge is 2.26. The van der Waals surface area contributed by atoms with Crippen LogP contribution >= 0.6 is 0 Å². The SMILES string of the molecule is NC(C(=O)Nc1ccc(Oc2ccccc2)cc1)C1CCOCC1. The first-order chi connectivity index (χ1) is 11.7. The first kappa shape index (κ1) is 16.5. The van der Waals surface area contributed by atoms with Crippen molar-refractivity contribution in [3.05, 3.63) is 54.6 Å². The van der Waals surface area contributed by atoms with Crippen LogP contribution in [-0.2, 0) is 9.53 Å². The topological polar surface area (TPSA) is 73.6 Å². The molecule has 1 saturated heterocycles. The fourth-order valence-corrected chi connectivity index (χ4v) is 2.75. The van der Waals surface area contributed by atoms with Crippen molar-refractivity contribution in [1.29, 1.82) is 0 Å². The maximum Gasteiger partial charge on any atom is 0.241 e. The number of anilines is 1. The van der Waals surface area contributed by atoms with Gasteiger partial charge in [0.15, 0.2) is 0 Å². The van der Waals surface area contributed by atoms with Crippen LogP contribution in [0.5, 0.6) is 11.5 Å².